The highest BCUT2D eigenvalue weighted by Crippen LogP contribution is 2.44. The number of hydrogen-bond acceptors (Lipinski definition) is 6. The Bertz CT molecular complexity index is 1760. The summed E-state index contributed by atoms with van der Waals surface area (Å²) in [5.74, 6) is -4.36. The van der Waals surface area contributed by atoms with Crippen molar-refractivity contribution in [2.45, 2.75) is 226 Å². The highest BCUT2D eigenvalue weighted by atomic mass is 16.5. The molecule has 2 unspecified atom stereocenters. The highest BCUT2D eigenvalue weighted by molar-refractivity contribution is 6.13. The lowest BCUT2D eigenvalue weighted by atomic mass is 9.96. The molecule has 3 aromatic carbocycles. The molecule has 0 aliphatic rings. The molecule has 0 fully saturated rings. The van der Waals surface area contributed by atoms with Gasteiger partial charge in [-0.1, -0.05) is 236 Å². The van der Waals surface area contributed by atoms with Crippen molar-refractivity contribution in [1.29, 1.82) is 0 Å². The van der Waals surface area contributed by atoms with Gasteiger partial charge in [-0.3, -0.25) is 19.2 Å². The first kappa shape index (κ1) is 53.4. The van der Waals surface area contributed by atoms with Gasteiger partial charge in [0.2, 0.25) is 0 Å². The van der Waals surface area contributed by atoms with Crippen LogP contribution in [0.5, 0.6) is 11.5 Å². The Balaban J connectivity index is 1.51. The maximum Gasteiger partial charge on any atom is 0.312 e. The van der Waals surface area contributed by atoms with E-state index >= 15 is 0 Å². The third kappa shape index (κ3) is 21.1. The highest BCUT2D eigenvalue weighted by Gasteiger charge is 2.27. The van der Waals surface area contributed by atoms with Gasteiger partial charge < -0.3 is 19.7 Å². The molecule has 0 aliphatic heterocycles. The smallest absolute Gasteiger partial charge is 0.312 e. The van der Waals surface area contributed by atoms with E-state index in [4.69, 9.17) is 9.47 Å². The molecule has 0 radical (unpaired) electrons. The van der Waals surface area contributed by atoms with Gasteiger partial charge in [0.15, 0.2) is 0 Å². The zero-order valence-corrected chi connectivity index (χ0v) is 39.7. The number of unbranched alkanes of at least 4 members (excludes halogenated alkanes) is 26. The number of hydrogen-bond donors (Lipinski definition) is 2. The Hall–Kier alpha value is -3.94. The molecule has 0 saturated carbocycles. The van der Waals surface area contributed by atoms with Crippen LogP contribution in [0, 0.1) is 18.8 Å². The molecular formula is C55H84O8. The fourth-order valence-electron chi connectivity index (χ4n) is 9.04. The molecule has 0 heterocycles. The van der Waals surface area contributed by atoms with Gasteiger partial charge in [-0.15, -0.1) is 0 Å². The Morgan fingerprint density at radius 1 is 0.429 bits per heavy atom. The molecule has 0 aliphatic carbocycles. The summed E-state index contributed by atoms with van der Waals surface area (Å²) in [6, 6.07) is 12.7. The number of aliphatic carboxylic acids is 2. The van der Waals surface area contributed by atoms with Crippen LogP contribution in [0.15, 0.2) is 42.5 Å². The first-order valence-corrected chi connectivity index (χ1v) is 25.5. The Labute approximate surface area is 380 Å². The van der Waals surface area contributed by atoms with Crippen molar-refractivity contribution in [3.05, 3.63) is 48.0 Å². The monoisotopic (exact) mass is 873 g/mol. The quantitative estimate of drug-likeness (QED) is 0.0252. The van der Waals surface area contributed by atoms with Crippen molar-refractivity contribution < 1.29 is 38.9 Å². The van der Waals surface area contributed by atoms with Gasteiger partial charge in [0.25, 0.3) is 0 Å². The SMILES string of the molecule is CCCCCCCCCCCCCCCCC(CC(=O)Oc1c2ccccc2c(OC(=O)CC(CCCCCCCCCCCCCCCC)C(=O)O)c2c(C)cccc12)C(=O)O. The second-order valence-electron chi connectivity index (χ2n) is 18.4. The number of carbonyl (C=O) groups excluding carboxylic acids is 2. The summed E-state index contributed by atoms with van der Waals surface area (Å²) < 4.78 is 12.1. The first-order valence-electron chi connectivity index (χ1n) is 25.5. The molecular weight excluding hydrogens is 789 g/mol. The number of benzene rings is 3. The third-order valence-electron chi connectivity index (χ3n) is 12.9. The van der Waals surface area contributed by atoms with Gasteiger partial charge in [-0.05, 0) is 25.3 Å². The minimum atomic E-state index is -1.00. The van der Waals surface area contributed by atoms with E-state index in [-0.39, 0.29) is 18.6 Å². The van der Waals surface area contributed by atoms with Gasteiger partial charge >= 0.3 is 23.9 Å². The molecule has 0 bridgehead atoms. The van der Waals surface area contributed by atoms with Gasteiger partial charge in [0, 0.05) is 21.5 Å². The normalized spacial score (nSPS) is 12.4. The molecule has 8 heteroatoms. The topological polar surface area (TPSA) is 127 Å². The predicted octanol–water partition coefficient (Wildman–Crippen LogP) is 16.0. The van der Waals surface area contributed by atoms with Crippen molar-refractivity contribution in [2.75, 3.05) is 0 Å². The zero-order chi connectivity index (χ0) is 45.5. The van der Waals surface area contributed by atoms with E-state index in [0.717, 1.165) is 56.9 Å². The Morgan fingerprint density at radius 2 is 0.746 bits per heavy atom. The summed E-state index contributed by atoms with van der Waals surface area (Å²) in [7, 11) is 0. The van der Waals surface area contributed by atoms with Gasteiger partial charge in [0.05, 0.1) is 24.7 Å². The van der Waals surface area contributed by atoms with Crippen LogP contribution in [0.3, 0.4) is 0 Å². The summed E-state index contributed by atoms with van der Waals surface area (Å²) in [6.07, 6.45) is 34.4. The molecule has 8 nitrogen and oxygen atoms in total. The number of carboxylic acid groups (broad SMARTS) is 2. The summed E-state index contributed by atoms with van der Waals surface area (Å²) >= 11 is 0. The lowest BCUT2D eigenvalue weighted by molar-refractivity contribution is -0.147. The van der Waals surface area contributed by atoms with Crippen LogP contribution in [0.1, 0.15) is 225 Å². The van der Waals surface area contributed by atoms with Crippen LogP contribution < -0.4 is 9.47 Å². The lowest BCUT2D eigenvalue weighted by Crippen LogP contribution is -2.22. The lowest BCUT2D eigenvalue weighted by Gasteiger charge is -2.19. The number of carbonyl (C=O) groups is 4. The van der Waals surface area contributed by atoms with E-state index < -0.39 is 35.7 Å². The van der Waals surface area contributed by atoms with Crippen molar-refractivity contribution in [3.8, 4) is 11.5 Å². The maximum atomic E-state index is 13.5. The number of aryl methyl sites for hydroxylation is 1. The van der Waals surface area contributed by atoms with Crippen molar-refractivity contribution >= 4 is 45.4 Å². The summed E-state index contributed by atoms with van der Waals surface area (Å²) in [5.41, 5.74) is 0.789. The number of ether oxygens (including phenoxy) is 2. The van der Waals surface area contributed by atoms with Crippen LogP contribution in [0.25, 0.3) is 21.5 Å². The van der Waals surface area contributed by atoms with Crippen molar-refractivity contribution in [2.24, 2.45) is 11.8 Å². The van der Waals surface area contributed by atoms with Gasteiger partial charge in [-0.2, -0.15) is 0 Å². The summed E-state index contributed by atoms with van der Waals surface area (Å²) in [5, 5.41) is 22.3. The van der Waals surface area contributed by atoms with Crippen molar-refractivity contribution in [1.82, 2.24) is 0 Å². The molecule has 0 amide bonds. The van der Waals surface area contributed by atoms with E-state index in [2.05, 4.69) is 13.8 Å². The fraction of sp³-hybridized carbons (Fsp3) is 0.673. The average Bonchev–Trinajstić information content (AvgIpc) is 3.26. The predicted molar refractivity (Wildman–Crippen MR) is 259 cm³/mol. The van der Waals surface area contributed by atoms with E-state index in [0.29, 0.717) is 40.1 Å². The number of esters is 2. The van der Waals surface area contributed by atoms with Crippen LogP contribution in [-0.2, 0) is 19.2 Å². The standard InChI is InChI=1S/C55H84O8/c1-4-6-8-10-12-14-16-18-20-22-24-26-28-30-36-44(54(58)59)41-49(56)62-52-46-38-32-33-39-47(46)53(51-43(3)35-34-40-48(51)52)63-50(57)42-45(55(60)61)37-31-29-27-25-23-21-19-17-15-13-11-9-7-5-2/h32-35,38-40,44-45H,4-31,36-37,41-42H2,1-3H3,(H,58,59)(H,60,61). The van der Waals surface area contributed by atoms with Crippen LogP contribution in [-0.4, -0.2) is 34.1 Å². The second kappa shape index (κ2) is 32.7. The number of fused-ring (bicyclic) bond motifs is 2. The molecule has 3 aromatic rings. The van der Waals surface area contributed by atoms with Crippen LogP contribution in [0.4, 0.5) is 0 Å². The Morgan fingerprint density at radius 3 is 1.11 bits per heavy atom. The van der Waals surface area contributed by atoms with Crippen LogP contribution >= 0.6 is 0 Å². The fourth-order valence-corrected chi connectivity index (χ4v) is 9.04. The summed E-state index contributed by atoms with van der Waals surface area (Å²) in [6.45, 7) is 6.38. The summed E-state index contributed by atoms with van der Waals surface area (Å²) in [4.78, 5) is 51.6. The zero-order valence-electron chi connectivity index (χ0n) is 39.7. The van der Waals surface area contributed by atoms with E-state index in [1.54, 1.807) is 24.3 Å². The Kier molecular flexibility index (Phi) is 27.7. The minimum Gasteiger partial charge on any atom is -0.481 e. The van der Waals surface area contributed by atoms with E-state index in [9.17, 15) is 29.4 Å². The molecule has 0 aromatic heterocycles. The van der Waals surface area contributed by atoms with E-state index in [1.165, 1.54) is 128 Å². The molecule has 352 valence electrons. The third-order valence-corrected chi connectivity index (χ3v) is 12.9. The first-order chi connectivity index (χ1) is 30.7. The average molecular weight is 873 g/mol. The molecule has 0 saturated heterocycles. The minimum absolute atomic E-state index is 0.248. The molecule has 0 spiro atoms. The van der Waals surface area contributed by atoms with E-state index in [1.807, 2.05) is 25.1 Å². The van der Waals surface area contributed by atoms with Crippen molar-refractivity contribution in [3.63, 3.8) is 0 Å². The molecule has 3 rings (SSSR count). The largest absolute Gasteiger partial charge is 0.481 e. The molecule has 2 N–H and O–H groups in total. The van der Waals surface area contributed by atoms with Gasteiger partial charge in [-0.25, -0.2) is 0 Å². The molecule has 63 heavy (non-hydrogen) atoms. The molecule has 2 atom stereocenters. The van der Waals surface area contributed by atoms with Gasteiger partial charge in [0.1, 0.15) is 11.5 Å². The maximum absolute atomic E-state index is 13.5. The van der Waals surface area contributed by atoms with Crippen LogP contribution in [0.2, 0.25) is 0 Å². The second-order valence-corrected chi connectivity index (χ2v) is 18.4. The number of rotatable bonds is 38. The number of carboxylic acids is 2.